The van der Waals surface area contributed by atoms with Crippen molar-refractivity contribution in [2.45, 2.75) is 13.3 Å². The molecule has 0 spiro atoms. The molecule has 0 fully saturated rings. The van der Waals surface area contributed by atoms with Crippen molar-refractivity contribution in [2.75, 3.05) is 24.9 Å². The van der Waals surface area contributed by atoms with Gasteiger partial charge in [0, 0.05) is 18.0 Å². The van der Waals surface area contributed by atoms with E-state index in [-0.39, 0.29) is 11.6 Å². The summed E-state index contributed by atoms with van der Waals surface area (Å²) >= 11 is 0. The molecule has 0 aliphatic heterocycles. The molecule has 2 N–H and O–H groups in total. The first-order valence-corrected chi connectivity index (χ1v) is 8.86. The Bertz CT molecular complexity index is 975. The Morgan fingerprint density at radius 2 is 1.86 bits per heavy atom. The van der Waals surface area contributed by atoms with E-state index >= 15 is 0 Å². The second-order valence-electron chi connectivity index (χ2n) is 5.92. The fourth-order valence-electron chi connectivity index (χ4n) is 2.70. The zero-order chi connectivity index (χ0) is 19.9. The topological polar surface area (TPSA) is 85.4 Å². The Hall–Kier alpha value is -3.61. The van der Waals surface area contributed by atoms with Crippen LogP contribution in [0.1, 0.15) is 23.0 Å². The Kier molecular flexibility index (Phi) is 6.06. The fourth-order valence-corrected chi connectivity index (χ4v) is 2.70. The number of ether oxygens (including phenoxy) is 2. The van der Waals surface area contributed by atoms with E-state index in [2.05, 4.69) is 27.5 Å². The third kappa shape index (κ3) is 4.37. The zero-order valence-corrected chi connectivity index (χ0v) is 16.0. The molecule has 7 nitrogen and oxygen atoms in total. The number of aryl methyl sites for hydroxylation is 1. The Labute approximate surface area is 163 Å². The number of carbonyl (C=O) groups excluding carboxylic acids is 1. The zero-order valence-electron chi connectivity index (χ0n) is 16.0. The standard InChI is InChI=1S/C21H22N4O3/c1-4-14-7-5-6-8-16(14)24-21-22-12-11-18(25-21)20(26)23-17-10-9-15(27-2)13-19(17)28-3/h5-13H,4H2,1-3H3,(H,23,26)(H,22,24,25). The van der Waals surface area contributed by atoms with Gasteiger partial charge in [0.25, 0.3) is 5.91 Å². The number of nitrogens with zero attached hydrogens (tertiary/aromatic N) is 2. The number of hydrogen-bond donors (Lipinski definition) is 2. The van der Waals surface area contributed by atoms with Gasteiger partial charge in [-0.3, -0.25) is 4.79 Å². The van der Waals surface area contributed by atoms with Gasteiger partial charge in [0.2, 0.25) is 5.95 Å². The molecule has 0 unspecified atom stereocenters. The van der Waals surface area contributed by atoms with E-state index in [1.54, 1.807) is 37.6 Å². The lowest BCUT2D eigenvalue weighted by Crippen LogP contribution is -2.15. The van der Waals surface area contributed by atoms with Crippen LogP contribution in [-0.4, -0.2) is 30.1 Å². The van der Waals surface area contributed by atoms with Gasteiger partial charge in [-0.05, 0) is 36.2 Å². The van der Waals surface area contributed by atoms with E-state index in [4.69, 9.17) is 9.47 Å². The van der Waals surface area contributed by atoms with E-state index in [9.17, 15) is 4.79 Å². The van der Waals surface area contributed by atoms with Crippen molar-refractivity contribution in [1.82, 2.24) is 9.97 Å². The summed E-state index contributed by atoms with van der Waals surface area (Å²) in [6.07, 6.45) is 2.42. The van der Waals surface area contributed by atoms with E-state index in [0.29, 0.717) is 23.1 Å². The molecule has 2 aromatic carbocycles. The molecule has 0 aliphatic rings. The SMILES string of the molecule is CCc1ccccc1Nc1nccc(C(=O)Nc2ccc(OC)cc2OC)n1. The van der Waals surface area contributed by atoms with Crippen LogP contribution in [0.5, 0.6) is 11.5 Å². The number of hydrogen-bond acceptors (Lipinski definition) is 6. The molecular weight excluding hydrogens is 356 g/mol. The average molecular weight is 378 g/mol. The van der Waals surface area contributed by atoms with Crippen molar-refractivity contribution in [1.29, 1.82) is 0 Å². The van der Waals surface area contributed by atoms with Crippen molar-refractivity contribution in [3.63, 3.8) is 0 Å². The number of carbonyl (C=O) groups is 1. The molecule has 0 radical (unpaired) electrons. The van der Waals surface area contributed by atoms with Gasteiger partial charge < -0.3 is 20.1 Å². The number of amides is 1. The van der Waals surface area contributed by atoms with Gasteiger partial charge in [0.1, 0.15) is 17.2 Å². The molecule has 3 aromatic rings. The predicted molar refractivity (Wildman–Crippen MR) is 109 cm³/mol. The number of methoxy groups -OCH3 is 2. The van der Waals surface area contributed by atoms with Crippen LogP contribution >= 0.6 is 0 Å². The van der Waals surface area contributed by atoms with Gasteiger partial charge in [0.15, 0.2) is 0 Å². The Balaban J connectivity index is 1.79. The molecule has 0 saturated carbocycles. The number of anilines is 3. The lowest BCUT2D eigenvalue weighted by Gasteiger charge is -2.12. The molecule has 7 heteroatoms. The third-order valence-electron chi connectivity index (χ3n) is 4.19. The van der Waals surface area contributed by atoms with Crippen molar-refractivity contribution in [3.8, 4) is 11.5 Å². The van der Waals surface area contributed by atoms with Gasteiger partial charge >= 0.3 is 0 Å². The number of rotatable bonds is 7. The fraction of sp³-hybridized carbons (Fsp3) is 0.190. The molecule has 0 atom stereocenters. The van der Waals surface area contributed by atoms with E-state index in [1.165, 1.54) is 7.11 Å². The van der Waals surface area contributed by atoms with Crippen LogP contribution in [0, 0.1) is 0 Å². The van der Waals surface area contributed by atoms with Crippen molar-refractivity contribution in [3.05, 3.63) is 66.0 Å². The lowest BCUT2D eigenvalue weighted by atomic mass is 10.1. The van der Waals surface area contributed by atoms with E-state index in [1.807, 2.05) is 24.3 Å². The molecule has 1 amide bonds. The summed E-state index contributed by atoms with van der Waals surface area (Å²) in [7, 11) is 3.10. The van der Waals surface area contributed by atoms with Crippen molar-refractivity contribution < 1.29 is 14.3 Å². The molecule has 0 aliphatic carbocycles. The molecule has 0 bridgehead atoms. The van der Waals surface area contributed by atoms with Crippen molar-refractivity contribution in [2.24, 2.45) is 0 Å². The van der Waals surface area contributed by atoms with Crippen LogP contribution in [0.3, 0.4) is 0 Å². The molecular formula is C21H22N4O3. The minimum atomic E-state index is -0.363. The average Bonchev–Trinajstić information content (AvgIpc) is 2.74. The normalized spacial score (nSPS) is 10.2. The van der Waals surface area contributed by atoms with Crippen LogP contribution < -0.4 is 20.1 Å². The summed E-state index contributed by atoms with van der Waals surface area (Å²) in [6.45, 7) is 2.08. The maximum Gasteiger partial charge on any atom is 0.274 e. The van der Waals surface area contributed by atoms with Gasteiger partial charge in [-0.25, -0.2) is 9.97 Å². The first-order chi connectivity index (χ1) is 13.6. The first kappa shape index (κ1) is 19.2. The third-order valence-corrected chi connectivity index (χ3v) is 4.19. The second kappa shape index (κ2) is 8.85. The quantitative estimate of drug-likeness (QED) is 0.645. The summed E-state index contributed by atoms with van der Waals surface area (Å²) < 4.78 is 10.5. The van der Waals surface area contributed by atoms with Gasteiger partial charge in [0.05, 0.1) is 19.9 Å². The van der Waals surface area contributed by atoms with Crippen molar-refractivity contribution >= 4 is 23.2 Å². The Morgan fingerprint density at radius 3 is 2.61 bits per heavy atom. The predicted octanol–water partition coefficient (Wildman–Crippen LogP) is 4.05. The molecule has 3 rings (SSSR count). The number of para-hydroxylation sites is 1. The van der Waals surface area contributed by atoms with Gasteiger partial charge in [-0.2, -0.15) is 0 Å². The number of benzene rings is 2. The van der Waals surface area contributed by atoms with E-state index < -0.39 is 0 Å². The first-order valence-electron chi connectivity index (χ1n) is 8.86. The minimum absolute atomic E-state index is 0.240. The van der Waals surface area contributed by atoms with Crippen LogP contribution in [-0.2, 0) is 6.42 Å². The van der Waals surface area contributed by atoms with Gasteiger partial charge in [-0.15, -0.1) is 0 Å². The molecule has 1 heterocycles. The van der Waals surface area contributed by atoms with E-state index in [0.717, 1.165) is 17.7 Å². The smallest absolute Gasteiger partial charge is 0.274 e. The largest absolute Gasteiger partial charge is 0.497 e. The highest BCUT2D eigenvalue weighted by Gasteiger charge is 2.13. The van der Waals surface area contributed by atoms with Crippen LogP contribution in [0.4, 0.5) is 17.3 Å². The molecule has 28 heavy (non-hydrogen) atoms. The summed E-state index contributed by atoms with van der Waals surface area (Å²) in [5.74, 6) is 1.13. The highest BCUT2D eigenvalue weighted by atomic mass is 16.5. The van der Waals surface area contributed by atoms with Crippen LogP contribution in [0.25, 0.3) is 0 Å². The maximum absolute atomic E-state index is 12.6. The lowest BCUT2D eigenvalue weighted by molar-refractivity contribution is 0.102. The van der Waals surface area contributed by atoms with Crippen LogP contribution in [0.15, 0.2) is 54.7 Å². The highest BCUT2D eigenvalue weighted by molar-refractivity contribution is 6.03. The maximum atomic E-state index is 12.6. The summed E-state index contributed by atoms with van der Waals surface area (Å²) in [6, 6.07) is 14.6. The molecule has 1 aromatic heterocycles. The minimum Gasteiger partial charge on any atom is -0.497 e. The Morgan fingerprint density at radius 1 is 1.04 bits per heavy atom. The second-order valence-corrected chi connectivity index (χ2v) is 5.92. The summed E-state index contributed by atoms with van der Waals surface area (Å²) in [4.78, 5) is 21.2. The molecule has 0 saturated heterocycles. The summed E-state index contributed by atoms with van der Waals surface area (Å²) in [5.41, 5.74) is 2.82. The monoisotopic (exact) mass is 378 g/mol. The van der Waals surface area contributed by atoms with Gasteiger partial charge in [-0.1, -0.05) is 25.1 Å². The number of aromatic nitrogens is 2. The highest BCUT2D eigenvalue weighted by Crippen LogP contribution is 2.29. The number of nitrogens with one attached hydrogen (secondary N) is 2. The van der Waals surface area contributed by atoms with Crippen LogP contribution in [0.2, 0.25) is 0 Å². The summed E-state index contributed by atoms with van der Waals surface area (Å²) in [5, 5.41) is 5.98. The molecule has 144 valence electrons.